The first-order chi connectivity index (χ1) is 21.8. The predicted octanol–water partition coefficient (Wildman–Crippen LogP) is 12.8. The molecular weight excluding hydrogens is 799 g/mol. The van der Waals surface area contributed by atoms with E-state index in [2.05, 4.69) is 62.5 Å². The number of benzene rings is 2. The second kappa shape index (κ2) is 14.3. The summed E-state index contributed by atoms with van der Waals surface area (Å²) in [5, 5.41) is 17.0. The normalized spacial score (nSPS) is 12.8. The van der Waals surface area contributed by atoms with Crippen molar-refractivity contribution in [2.75, 3.05) is 0 Å². The molecule has 0 bridgehead atoms. The Morgan fingerprint density at radius 1 is 0.936 bits per heavy atom. The van der Waals surface area contributed by atoms with E-state index in [1.807, 2.05) is 53.8 Å². The van der Waals surface area contributed by atoms with Crippen molar-refractivity contribution in [1.82, 2.24) is 4.98 Å². The van der Waals surface area contributed by atoms with Gasteiger partial charge in [0.1, 0.15) is 5.76 Å². The molecule has 0 unspecified atom stereocenters. The van der Waals surface area contributed by atoms with Gasteiger partial charge in [0.2, 0.25) is 0 Å². The van der Waals surface area contributed by atoms with Crippen molar-refractivity contribution in [3.8, 4) is 11.3 Å². The van der Waals surface area contributed by atoms with Gasteiger partial charge in [0, 0.05) is 59.0 Å². The SMILES string of the molecule is CC(C)(C)c1cc(-c2nccc3sc4c(ccc5ccoc54)c23)[c-]c2ccsc12.CCC(C)(CC)C(=O)/C=C(\O)C(C)(CC)CC.[Ir]. The molecule has 4 nitrogen and oxygen atoms in total. The van der Waals surface area contributed by atoms with Crippen molar-refractivity contribution in [1.29, 1.82) is 0 Å². The third kappa shape index (κ3) is 7.01. The average molecular weight is 845 g/mol. The van der Waals surface area contributed by atoms with Crippen LogP contribution in [0.4, 0.5) is 0 Å². The summed E-state index contributed by atoms with van der Waals surface area (Å²) in [6, 6.07) is 16.6. The molecule has 0 aliphatic carbocycles. The zero-order chi connectivity index (χ0) is 33.4. The molecule has 6 aromatic rings. The summed E-state index contributed by atoms with van der Waals surface area (Å²) in [5.41, 5.74) is 3.82. The smallest absolute Gasteiger partial charge is 0.164 e. The number of aromatic nitrogens is 1. The number of thiophene rings is 2. The number of carbonyl (C=O) groups is 1. The number of furan rings is 1. The molecule has 0 spiro atoms. The Kier molecular flexibility index (Phi) is 11.3. The maximum atomic E-state index is 12.2. The molecule has 47 heavy (non-hydrogen) atoms. The molecular formula is C40H46IrNO3S2-. The summed E-state index contributed by atoms with van der Waals surface area (Å²) in [6.07, 6.45) is 8.43. The Hall–Kier alpha value is -2.83. The van der Waals surface area contributed by atoms with E-state index in [1.54, 1.807) is 28.9 Å². The maximum Gasteiger partial charge on any atom is 0.164 e. The van der Waals surface area contributed by atoms with Crippen molar-refractivity contribution < 1.29 is 34.4 Å². The van der Waals surface area contributed by atoms with Crippen LogP contribution in [0.2, 0.25) is 0 Å². The average Bonchev–Trinajstić information content (AvgIpc) is 3.81. The minimum absolute atomic E-state index is 0. The molecule has 0 aliphatic heterocycles. The fourth-order valence-electron chi connectivity index (χ4n) is 5.78. The van der Waals surface area contributed by atoms with Gasteiger partial charge in [0.15, 0.2) is 11.4 Å². The summed E-state index contributed by atoms with van der Waals surface area (Å²) >= 11 is 3.57. The molecule has 6 rings (SSSR count). The second-order valence-electron chi connectivity index (χ2n) is 13.9. The topological polar surface area (TPSA) is 63.3 Å². The Morgan fingerprint density at radius 2 is 1.62 bits per heavy atom. The number of fused-ring (bicyclic) bond motifs is 6. The third-order valence-corrected chi connectivity index (χ3v) is 12.2. The predicted molar refractivity (Wildman–Crippen MR) is 198 cm³/mol. The van der Waals surface area contributed by atoms with Crippen LogP contribution in [0.25, 0.3) is 52.5 Å². The zero-order valence-electron chi connectivity index (χ0n) is 29.0. The van der Waals surface area contributed by atoms with Crippen LogP contribution in [0, 0.1) is 16.9 Å². The van der Waals surface area contributed by atoms with Gasteiger partial charge in [-0.25, -0.2) is 0 Å². The Labute approximate surface area is 300 Å². The van der Waals surface area contributed by atoms with Crippen LogP contribution >= 0.6 is 22.7 Å². The molecule has 4 aromatic heterocycles. The van der Waals surface area contributed by atoms with Crippen LogP contribution in [0.15, 0.2) is 70.5 Å². The van der Waals surface area contributed by atoms with Gasteiger partial charge in [-0.3, -0.25) is 9.78 Å². The largest absolute Gasteiger partial charge is 0.512 e. The van der Waals surface area contributed by atoms with Crippen LogP contribution in [0.3, 0.4) is 0 Å². The van der Waals surface area contributed by atoms with E-state index >= 15 is 0 Å². The first kappa shape index (κ1) is 37.0. The minimum atomic E-state index is -0.337. The number of pyridine rings is 1. The van der Waals surface area contributed by atoms with Crippen molar-refractivity contribution in [3.05, 3.63) is 77.7 Å². The maximum absolute atomic E-state index is 12.2. The molecule has 0 saturated heterocycles. The van der Waals surface area contributed by atoms with Crippen LogP contribution < -0.4 is 0 Å². The van der Waals surface area contributed by atoms with Crippen molar-refractivity contribution >= 4 is 69.7 Å². The Morgan fingerprint density at radius 3 is 2.26 bits per heavy atom. The molecule has 0 saturated carbocycles. The standard InChI is InChI=1S/C25H18NOS2.C15H28O2.Ir/c1-25(2,3)18-13-16(12-15-8-11-28-23(15)18)21-20-17-5-4-14-7-10-27-22(14)24(17)29-19(20)6-9-26-21;1-7-14(5,8-2)12(16)11-13(17)15(6,9-3)10-4;/h4-11,13H,1-3H3;11,16H,7-10H2,1-6H3;/q-1;;/b;12-11-;. The van der Waals surface area contributed by atoms with E-state index in [0.717, 1.165) is 47.9 Å². The van der Waals surface area contributed by atoms with Crippen molar-refractivity contribution in [2.24, 2.45) is 10.8 Å². The molecule has 251 valence electrons. The van der Waals surface area contributed by atoms with E-state index in [0.29, 0.717) is 0 Å². The molecule has 7 heteroatoms. The number of carbonyl (C=O) groups excluding carboxylic acids is 1. The molecule has 0 amide bonds. The van der Waals surface area contributed by atoms with Crippen LogP contribution in [-0.4, -0.2) is 15.9 Å². The van der Waals surface area contributed by atoms with Gasteiger partial charge < -0.3 is 9.52 Å². The van der Waals surface area contributed by atoms with Gasteiger partial charge >= 0.3 is 0 Å². The molecule has 0 aliphatic rings. The number of rotatable bonds is 8. The van der Waals surface area contributed by atoms with Gasteiger partial charge in [-0.2, -0.15) is 11.3 Å². The van der Waals surface area contributed by atoms with Gasteiger partial charge in [0.05, 0.1) is 11.0 Å². The van der Waals surface area contributed by atoms with E-state index < -0.39 is 0 Å². The Balaban J connectivity index is 0.000000242. The van der Waals surface area contributed by atoms with Crippen molar-refractivity contribution in [2.45, 2.75) is 93.4 Å². The fraction of sp³-hybridized carbons (Fsp3) is 0.400. The number of hydrogen-bond donors (Lipinski definition) is 1. The van der Waals surface area contributed by atoms with Crippen LogP contribution in [0.5, 0.6) is 0 Å². The molecule has 1 N–H and O–H groups in total. The van der Waals surface area contributed by atoms with Crippen LogP contribution in [-0.2, 0) is 30.3 Å². The Bertz CT molecular complexity index is 2050. The zero-order valence-corrected chi connectivity index (χ0v) is 33.0. The summed E-state index contributed by atoms with van der Waals surface area (Å²) in [7, 11) is 0. The van der Waals surface area contributed by atoms with Gasteiger partial charge in [-0.1, -0.05) is 85.6 Å². The van der Waals surface area contributed by atoms with Gasteiger partial charge in [0.25, 0.3) is 0 Å². The number of nitrogens with zero attached hydrogens (tertiary/aromatic N) is 1. The van der Waals surface area contributed by atoms with E-state index in [9.17, 15) is 9.90 Å². The quantitative estimate of drug-likeness (QED) is 0.0942. The third-order valence-electron chi connectivity index (χ3n) is 10.1. The van der Waals surface area contributed by atoms with Crippen LogP contribution in [0.1, 0.15) is 93.6 Å². The van der Waals surface area contributed by atoms with Crippen molar-refractivity contribution in [3.63, 3.8) is 0 Å². The minimum Gasteiger partial charge on any atom is -0.512 e. The summed E-state index contributed by atoms with van der Waals surface area (Å²) in [5.74, 6) is 0.286. The molecule has 1 radical (unpaired) electrons. The monoisotopic (exact) mass is 845 g/mol. The summed E-state index contributed by atoms with van der Waals surface area (Å²) < 4.78 is 9.53. The number of allylic oxidation sites excluding steroid dienone is 2. The number of ketones is 1. The molecule has 0 atom stereocenters. The first-order valence-electron chi connectivity index (χ1n) is 16.4. The first-order valence-corrected chi connectivity index (χ1v) is 18.1. The summed E-state index contributed by atoms with van der Waals surface area (Å²) in [4.78, 5) is 17.0. The number of aliphatic hydroxyl groups excluding tert-OH is 1. The van der Waals surface area contributed by atoms with E-state index in [4.69, 9.17) is 9.40 Å². The molecule has 2 aromatic carbocycles. The molecule has 0 fully saturated rings. The van der Waals surface area contributed by atoms with E-state index in [-0.39, 0.29) is 47.9 Å². The number of hydrogen-bond acceptors (Lipinski definition) is 6. The summed E-state index contributed by atoms with van der Waals surface area (Å²) in [6.45, 7) is 18.9. The molecule has 4 heterocycles. The van der Waals surface area contributed by atoms with E-state index in [1.165, 1.54) is 41.9 Å². The fourth-order valence-corrected chi connectivity index (χ4v) is 8.06. The van der Waals surface area contributed by atoms with Gasteiger partial charge in [-0.15, -0.1) is 34.9 Å². The number of aliphatic hydroxyl groups is 1. The second-order valence-corrected chi connectivity index (χ2v) is 15.8. The van der Waals surface area contributed by atoms with Gasteiger partial charge in [-0.05, 0) is 64.1 Å².